The van der Waals surface area contributed by atoms with E-state index in [0.717, 1.165) is 6.07 Å². The fraction of sp³-hybridized carbons (Fsp3) is 0.400. The number of hydrogen-bond acceptors (Lipinski definition) is 2. The number of hydrogen-bond donors (Lipinski definition) is 2. The van der Waals surface area contributed by atoms with Crippen molar-refractivity contribution in [2.45, 2.75) is 12.7 Å². The highest BCUT2D eigenvalue weighted by atomic mass is 19.4. The molecule has 0 radical (unpaired) electrons. The Bertz CT molecular complexity index is 312. The molecule has 0 unspecified atom stereocenters. The van der Waals surface area contributed by atoms with Crippen LogP contribution < -0.4 is 5.32 Å². The summed E-state index contributed by atoms with van der Waals surface area (Å²) in [5.74, 6) is 0. The van der Waals surface area contributed by atoms with Crippen LogP contribution in [-0.2, 0) is 12.7 Å². The first-order chi connectivity index (χ1) is 7.05. The highest BCUT2D eigenvalue weighted by Gasteiger charge is 2.32. The molecule has 0 aromatic heterocycles. The number of aliphatic hydroxyl groups is 1. The van der Waals surface area contributed by atoms with E-state index in [4.69, 9.17) is 5.11 Å². The van der Waals surface area contributed by atoms with Crippen molar-refractivity contribution in [2.75, 3.05) is 13.2 Å². The van der Waals surface area contributed by atoms with Crippen LogP contribution in [-0.4, -0.2) is 18.3 Å². The summed E-state index contributed by atoms with van der Waals surface area (Å²) < 4.78 is 37.4. The minimum atomic E-state index is -4.32. The fourth-order valence-electron chi connectivity index (χ4n) is 1.25. The first-order valence-electron chi connectivity index (χ1n) is 4.52. The second kappa shape index (κ2) is 5.14. The first-order valence-corrected chi connectivity index (χ1v) is 4.52. The Morgan fingerprint density at radius 1 is 1.20 bits per heavy atom. The van der Waals surface area contributed by atoms with E-state index in [2.05, 4.69) is 5.32 Å². The molecule has 0 aliphatic carbocycles. The number of rotatable bonds is 4. The molecule has 0 aliphatic rings. The molecule has 5 heteroatoms. The Hall–Kier alpha value is -1.07. The third kappa shape index (κ3) is 3.53. The van der Waals surface area contributed by atoms with E-state index in [0.29, 0.717) is 0 Å². The molecule has 0 saturated carbocycles. The zero-order valence-electron chi connectivity index (χ0n) is 8.01. The Labute approximate surface area is 85.7 Å². The van der Waals surface area contributed by atoms with Crippen LogP contribution in [0.15, 0.2) is 24.3 Å². The van der Waals surface area contributed by atoms with Crippen molar-refractivity contribution in [3.63, 3.8) is 0 Å². The van der Waals surface area contributed by atoms with Crippen molar-refractivity contribution in [3.8, 4) is 0 Å². The van der Waals surface area contributed by atoms with Crippen molar-refractivity contribution in [1.82, 2.24) is 5.32 Å². The van der Waals surface area contributed by atoms with E-state index < -0.39 is 11.7 Å². The van der Waals surface area contributed by atoms with Crippen molar-refractivity contribution in [1.29, 1.82) is 0 Å². The van der Waals surface area contributed by atoms with Gasteiger partial charge in [0.15, 0.2) is 0 Å². The van der Waals surface area contributed by atoms with Crippen molar-refractivity contribution in [2.24, 2.45) is 0 Å². The van der Waals surface area contributed by atoms with Gasteiger partial charge in [-0.3, -0.25) is 0 Å². The second-order valence-electron chi connectivity index (χ2n) is 3.06. The molecule has 2 N–H and O–H groups in total. The van der Waals surface area contributed by atoms with Gasteiger partial charge in [0.25, 0.3) is 0 Å². The number of halogens is 3. The molecule has 0 spiro atoms. The van der Waals surface area contributed by atoms with Crippen LogP contribution in [0.5, 0.6) is 0 Å². The molecule has 0 heterocycles. The average Bonchev–Trinajstić information content (AvgIpc) is 2.17. The Morgan fingerprint density at radius 2 is 1.87 bits per heavy atom. The fourth-order valence-corrected chi connectivity index (χ4v) is 1.25. The van der Waals surface area contributed by atoms with Crippen molar-refractivity contribution in [3.05, 3.63) is 35.4 Å². The second-order valence-corrected chi connectivity index (χ2v) is 3.06. The van der Waals surface area contributed by atoms with Crippen molar-refractivity contribution < 1.29 is 18.3 Å². The SMILES string of the molecule is OCCNCc1ccccc1C(F)(F)F. The van der Waals surface area contributed by atoms with Gasteiger partial charge in [-0.2, -0.15) is 13.2 Å². The van der Waals surface area contributed by atoms with Crippen LogP contribution in [0.4, 0.5) is 13.2 Å². The van der Waals surface area contributed by atoms with Gasteiger partial charge in [-0.1, -0.05) is 18.2 Å². The highest BCUT2D eigenvalue weighted by Crippen LogP contribution is 2.31. The zero-order chi connectivity index (χ0) is 11.3. The average molecular weight is 219 g/mol. The van der Waals surface area contributed by atoms with Gasteiger partial charge in [0, 0.05) is 13.1 Å². The van der Waals surface area contributed by atoms with Gasteiger partial charge in [-0.25, -0.2) is 0 Å². The monoisotopic (exact) mass is 219 g/mol. The molecule has 0 amide bonds. The Balaban J connectivity index is 2.78. The number of alkyl halides is 3. The summed E-state index contributed by atoms with van der Waals surface area (Å²) >= 11 is 0. The zero-order valence-corrected chi connectivity index (χ0v) is 8.01. The minimum absolute atomic E-state index is 0.0891. The van der Waals surface area contributed by atoms with E-state index >= 15 is 0 Å². The van der Waals surface area contributed by atoms with Crippen LogP contribution in [0.25, 0.3) is 0 Å². The third-order valence-electron chi connectivity index (χ3n) is 1.93. The maximum Gasteiger partial charge on any atom is 0.416 e. The summed E-state index contributed by atoms with van der Waals surface area (Å²) in [4.78, 5) is 0. The molecule has 15 heavy (non-hydrogen) atoms. The van der Waals surface area contributed by atoms with Gasteiger partial charge in [-0.05, 0) is 11.6 Å². The lowest BCUT2D eigenvalue weighted by Gasteiger charge is -2.12. The van der Waals surface area contributed by atoms with Gasteiger partial charge in [0.1, 0.15) is 0 Å². The summed E-state index contributed by atoms with van der Waals surface area (Å²) in [7, 11) is 0. The molecule has 1 rings (SSSR count). The Morgan fingerprint density at radius 3 is 2.47 bits per heavy atom. The van der Waals surface area contributed by atoms with E-state index in [1.807, 2.05) is 0 Å². The van der Waals surface area contributed by atoms with Crippen molar-refractivity contribution >= 4 is 0 Å². The van der Waals surface area contributed by atoms with Crippen LogP contribution in [0, 0.1) is 0 Å². The predicted molar refractivity (Wildman–Crippen MR) is 50.2 cm³/mol. The van der Waals surface area contributed by atoms with Gasteiger partial charge < -0.3 is 10.4 Å². The molecule has 1 aromatic carbocycles. The van der Waals surface area contributed by atoms with Gasteiger partial charge in [-0.15, -0.1) is 0 Å². The molecule has 84 valence electrons. The van der Waals surface area contributed by atoms with E-state index in [9.17, 15) is 13.2 Å². The smallest absolute Gasteiger partial charge is 0.395 e. The third-order valence-corrected chi connectivity index (χ3v) is 1.93. The summed E-state index contributed by atoms with van der Waals surface area (Å²) in [6.07, 6.45) is -4.32. The summed E-state index contributed by atoms with van der Waals surface area (Å²) in [6, 6.07) is 5.40. The highest BCUT2D eigenvalue weighted by molar-refractivity contribution is 5.29. The largest absolute Gasteiger partial charge is 0.416 e. The lowest BCUT2D eigenvalue weighted by molar-refractivity contribution is -0.138. The molecule has 0 fully saturated rings. The van der Waals surface area contributed by atoms with Gasteiger partial charge >= 0.3 is 6.18 Å². The molecule has 0 aliphatic heterocycles. The number of nitrogens with one attached hydrogen (secondary N) is 1. The van der Waals surface area contributed by atoms with E-state index in [-0.39, 0.29) is 25.3 Å². The molecular formula is C10H12F3NO. The molecule has 0 atom stereocenters. The minimum Gasteiger partial charge on any atom is -0.395 e. The first kappa shape index (κ1) is 12.0. The Kier molecular flexibility index (Phi) is 4.11. The van der Waals surface area contributed by atoms with Crippen LogP contribution in [0.2, 0.25) is 0 Å². The molecule has 1 aromatic rings. The molecular weight excluding hydrogens is 207 g/mol. The maximum atomic E-state index is 12.5. The lowest BCUT2D eigenvalue weighted by atomic mass is 10.1. The number of benzene rings is 1. The normalized spacial score (nSPS) is 11.7. The summed E-state index contributed by atoms with van der Waals surface area (Å²) in [5.41, 5.74) is -0.436. The lowest BCUT2D eigenvalue weighted by Crippen LogP contribution is -2.20. The van der Waals surface area contributed by atoms with Gasteiger partial charge in [0.05, 0.1) is 12.2 Å². The van der Waals surface area contributed by atoms with E-state index in [1.165, 1.54) is 12.1 Å². The summed E-state index contributed by atoms with van der Waals surface area (Å²) in [5, 5.41) is 11.2. The van der Waals surface area contributed by atoms with Crippen LogP contribution in [0.3, 0.4) is 0 Å². The predicted octanol–water partition coefficient (Wildman–Crippen LogP) is 1.79. The quantitative estimate of drug-likeness (QED) is 0.757. The molecule has 0 bridgehead atoms. The number of aliphatic hydroxyl groups excluding tert-OH is 1. The topological polar surface area (TPSA) is 32.3 Å². The molecule has 0 saturated heterocycles. The van der Waals surface area contributed by atoms with Gasteiger partial charge in [0.2, 0.25) is 0 Å². The maximum absolute atomic E-state index is 12.5. The van der Waals surface area contributed by atoms with E-state index in [1.54, 1.807) is 6.07 Å². The summed E-state index contributed by atoms with van der Waals surface area (Å²) in [6.45, 7) is 0.302. The van der Waals surface area contributed by atoms with Crippen LogP contribution >= 0.6 is 0 Å². The molecule has 2 nitrogen and oxygen atoms in total. The van der Waals surface area contributed by atoms with Crippen LogP contribution in [0.1, 0.15) is 11.1 Å². The standard InChI is InChI=1S/C10H12F3NO/c11-10(12,13)9-4-2-1-3-8(9)7-14-5-6-15/h1-4,14-15H,5-7H2.